The molecule has 1 fully saturated rings. The Hall–Kier alpha value is -0.570. The molecule has 0 atom stereocenters. The number of ether oxygens (including phenoxy) is 2. The highest BCUT2D eigenvalue weighted by Gasteiger charge is 2.21. The fraction of sp³-hybridized carbons (Fsp3) is 0.909. The number of rotatable bonds is 5. The summed E-state index contributed by atoms with van der Waals surface area (Å²) in [6, 6.07) is 0. The minimum absolute atomic E-state index is 0.000744. The highest BCUT2D eigenvalue weighted by Crippen LogP contribution is 2.24. The minimum atomic E-state index is 0.000744. The van der Waals surface area contributed by atoms with Crippen LogP contribution in [0.4, 0.5) is 0 Å². The van der Waals surface area contributed by atoms with Gasteiger partial charge in [-0.05, 0) is 12.8 Å². The van der Waals surface area contributed by atoms with Crippen LogP contribution in [0.2, 0.25) is 0 Å². The molecule has 0 aromatic carbocycles. The predicted molar refractivity (Wildman–Crippen MR) is 54.0 cm³/mol. The molecule has 0 radical (unpaired) electrons. The normalized spacial score (nSPS) is 18.1. The van der Waals surface area contributed by atoms with Crippen LogP contribution >= 0.6 is 0 Å². The largest absolute Gasteiger partial charge is 0.465 e. The number of hydrogen-bond acceptors (Lipinski definition) is 3. The second-order valence-electron chi connectivity index (χ2n) is 3.85. The van der Waals surface area contributed by atoms with Crippen LogP contribution in [0.5, 0.6) is 0 Å². The van der Waals surface area contributed by atoms with Crippen LogP contribution in [0.15, 0.2) is 0 Å². The average Bonchev–Trinajstić information content (AvgIpc) is 2.25. The maximum absolute atomic E-state index is 11.5. The first kappa shape index (κ1) is 11.5. The molecule has 0 saturated heterocycles. The molecule has 0 aliphatic heterocycles. The summed E-state index contributed by atoms with van der Waals surface area (Å²) in [6.45, 7) is 1.17. The van der Waals surface area contributed by atoms with Gasteiger partial charge >= 0.3 is 5.97 Å². The molecule has 1 aliphatic carbocycles. The second-order valence-corrected chi connectivity index (χ2v) is 3.85. The van der Waals surface area contributed by atoms with Crippen molar-refractivity contribution in [2.75, 3.05) is 20.3 Å². The van der Waals surface area contributed by atoms with Crippen LogP contribution in [0.1, 0.15) is 38.5 Å². The predicted octanol–water partition coefficient (Wildman–Crippen LogP) is 2.15. The quantitative estimate of drug-likeness (QED) is 0.504. The summed E-state index contributed by atoms with van der Waals surface area (Å²) in [4.78, 5) is 11.5. The van der Waals surface area contributed by atoms with Crippen LogP contribution in [0, 0.1) is 5.92 Å². The highest BCUT2D eigenvalue weighted by atomic mass is 16.5. The van der Waals surface area contributed by atoms with E-state index in [-0.39, 0.29) is 11.9 Å². The van der Waals surface area contributed by atoms with Gasteiger partial charge in [-0.1, -0.05) is 19.3 Å². The number of carbonyl (C=O) groups is 1. The maximum Gasteiger partial charge on any atom is 0.308 e. The molecule has 1 saturated carbocycles. The molecule has 82 valence electrons. The molecule has 0 bridgehead atoms. The van der Waals surface area contributed by atoms with Gasteiger partial charge in [0.15, 0.2) is 0 Å². The van der Waals surface area contributed by atoms with Crippen molar-refractivity contribution in [2.24, 2.45) is 5.92 Å². The van der Waals surface area contributed by atoms with Crippen molar-refractivity contribution in [1.29, 1.82) is 0 Å². The Bertz CT molecular complexity index is 162. The zero-order chi connectivity index (χ0) is 10.2. The van der Waals surface area contributed by atoms with Crippen molar-refractivity contribution in [3.8, 4) is 0 Å². The summed E-state index contributed by atoms with van der Waals surface area (Å²) >= 11 is 0. The van der Waals surface area contributed by atoms with Gasteiger partial charge in [0.05, 0.1) is 12.5 Å². The van der Waals surface area contributed by atoms with Gasteiger partial charge in [0.2, 0.25) is 0 Å². The molecule has 0 aromatic heterocycles. The number of hydrogen-bond donors (Lipinski definition) is 0. The molecule has 3 heteroatoms. The van der Waals surface area contributed by atoms with Crippen LogP contribution in [0.25, 0.3) is 0 Å². The van der Waals surface area contributed by atoms with Crippen molar-refractivity contribution in [3.63, 3.8) is 0 Å². The zero-order valence-corrected chi connectivity index (χ0v) is 8.96. The molecule has 0 unspecified atom stereocenters. The monoisotopic (exact) mass is 200 g/mol. The summed E-state index contributed by atoms with van der Waals surface area (Å²) < 4.78 is 10.0. The van der Waals surface area contributed by atoms with Gasteiger partial charge in [0, 0.05) is 20.1 Å². The second kappa shape index (κ2) is 6.82. The van der Waals surface area contributed by atoms with Gasteiger partial charge in [0.1, 0.15) is 0 Å². The van der Waals surface area contributed by atoms with E-state index in [2.05, 4.69) is 0 Å². The van der Waals surface area contributed by atoms with Crippen molar-refractivity contribution in [3.05, 3.63) is 0 Å². The summed E-state index contributed by atoms with van der Waals surface area (Å²) in [5.41, 5.74) is 0. The van der Waals surface area contributed by atoms with Gasteiger partial charge in [-0.25, -0.2) is 0 Å². The maximum atomic E-state index is 11.5. The first-order valence-corrected chi connectivity index (χ1v) is 5.50. The minimum Gasteiger partial charge on any atom is -0.465 e. The fourth-order valence-electron chi connectivity index (χ4n) is 1.83. The summed E-state index contributed by atoms with van der Waals surface area (Å²) in [7, 11) is 1.66. The molecular weight excluding hydrogens is 180 g/mol. The molecule has 0 aromatic rings. The first-order valence-electron chi connectivity index (χ1n) is 5.50. The Morgan fingerprint density at radius 3 is 2.57 bits per heavy atom. The van der Waals surface area contributed by atoms with Gasteiger partial charge < -0.3 is 9.47 Å². The van der Waals surface area contributed by atoms with E-state index < -0.39 is 0 Å². The molecule has 1 rings (SSSR count). The topological polar surface area (TPSA) is 35.5 Å². The van der Waals surface area contributed by atoms with E-state index in [0.29, 0.717) is 13.2 Å². The van der Waals surface area contributed by atoms with Crippen LogP contribution < -0.4 is 0 Å². The third-order valence-electron chi connectivity index (χ3n) is 2.68. The average molecular weight is 200 g/mol. The molecule has 3 nitrogen and oxygen atoms in total. The van der Waals surface area contributed by atoms with Gasteiger partial charge in [-0.15, -0.1) is 0 Å². The fourth-order valence-corrected chi connectivity index (χ4v) is 1.83. The zero-order valence-electron chi connectivity index (χ0n) is 8.96. The SMILES string of the molecule is COCCCOC(=O)C1CCCCC1. The Morgan fingerprint density at radius 2 is 1.93 bits per heavy atom. The lowest BCUT2D eigenvalue weighted by molar-refractivity contribution is -0.150. The van der Waals surface area contributed by atoms with E-state index in [1.165, 1.54) is 19.3 Å². The van der Waals surface area contributed by atoms with E-state index in [9.17, 15) is 4.79 Å². The van der Waals surface area contributed by atoms with Crippen LogP contribution in [-0.2, 0) is 14.3 Å². The first-order chi connectivity index (χ1) is 6.84. The Morgan fingerprint density at radius 1 is 1.21 bits per heavy atom. The third kappa shape index (κ3) is 4.09. The number of carbonyl (C=O) groups excluding carboxylic acids is 1. The van der Waals surface area contributed by atoms with Crippen LogP contribution in [0.3, 0.4) is 0 Å². The van der Waals surface area contributed by atoms with Crippen molar-refractivity contribution < 1.29 is 14.3 Å². The summed E-state index contributed by atoms with van der Waals surface area (Å²) in [5.74, 6) is 0.173. The molecule has 0 N–H and O–H groups in total. The smallest absolute Gasteiger partial charge is 0.308 e. The molecule has 0 heterocycles. The molecule has 0 amide bonds. The highest BCUT2D eigenvalue weighted by molar-refractivity contribution is 5.72. The Balaban J connectivity index is 2.07. The Labute approximate surface area is 85.8 Å². The number of methoxy groups -OCH3 is 1. The molecular formula is C11H20O3. The van der Waals surface area contributed by atoms with E-state index in [1.807, 2.05) is 0 Å². The van der Waals surface area contributed by atoms with Crippen LogP contribution in [-0.4, -0.2) is 26.3 Å². The number of esters is 1. The lowest BCUT2D eigenvalue weighted by atomic mass is 9.89. The van der Waals surface area contributed by atoms with Gasteiger partial charge in [-0.2, -0.15) is 0 Å². The standard InChI is InChI=1S/C11H20O3/c1-13-8-5-9-14-11(12)10-6-3-2-4-7-10/h10H,2-9H2,1H3. The molecule has 14 heavy (non-hydrogen) atoms. The van der Waals surface area contributed by atoms with E-state index in [4.69, 9.17) is 9.47 Å². The lowest BCUT2D eigenvalue weighted by Gasteiger charge is -2.19. The summed E-state index contributed by atoms with van der Waals surface area (Å²) in [5, 5.41) is 0. The summed E-state index contributed by atoms with van der Waals surface area (Å²) in [6.07, 6.45) is 6.46. The van der Waals surface area contributed by atoms with E-state index >= 15 is 0 Å². The van der Waals surface area contributed by atoms with Crippen molar-refractivity contribution >= 4 is 5.97 Å². The Kier molecular flexibility index (Phi) is 5.60. The van der Waals surface area contributed by atoms with Crippen molar-refractivity contribution in [1.82, 2.24) is 0 Å². The molecule has 0 spiro atoms. The van der Waals surface area contributed by atoms with E-state index in [1.54, 1.807) is 7.11 Å². The van der Waals surface area contributed by atoms with Gasteiger partial charge in [-0.3, -0.25) is 4.79 Å². The van der Waals surface area contributed by atoms with Crippen molar-refractivity contribution in [2.45, 2.75) is 38.5 Å². The lowest BCUT2D eigenvalue weighted by Crippen LogP contribution is -2.21. The third-order valence-corrected chi connectivity index (χ3v) is 2.68. The van der Waals surface area contributed by atoms with Gasteiger partial charge in [0.25, 0.3) is 0 Å². The van der Waals surface area contributed by atoms with E-state index in [0.717, 1.165) is 19.3 Å². The molecule has 1 aliphatic rings.